The van der Waals surface area contributed by atoms with E-state index in [-0.39, 0.29) is 0 Å². The van der Waals surface area contributed by atoms with Crippen LogP contribution >= 0.6 is 0 Å². The van der Waals surface area contributed by atoms with Crippen molar-refractivity contribution < 1.29 is 0 Å². The summed E-state index contributed by atoms with van der Waals surface area (Å²) in [5.74, 6) is 0. The van der Waals surface area contributed by atoms with Gasteiger partial charge in [-0.15, -0.1) is 0 Å². The Kier molecular flexibility index (Phi) is 6.81. The van der Waals surface area contributed by atoms with Crippen molar-refractivity contribution >= 4 is 21.5 Å². The van der Waals surface area contributed by atoms with E-state index in [4.69, 9.17) is 0 Å². The van der Waals surface area contributed by atoms with Gasteiger partial charge >= 0.3 is 0 Å². The molecular formula is C45H32. The van der Waals surface area contributed by atoms with E-state index in [0.717, 1.165) is 0 Å². The Hall–Kier alpha value is -5.72. The van der Waals surface area contributed by atoms with Crippen LogP contribution in [0.2, 0.25) is 0 Å². The van der Waals surface area contributed by atoms with Gasteiger partial charge in [-0.05, 0) is 102 Å². The Balaban J connectivity index is 1.23. The Morgan fingerprint density at radius 1 is 0.267 bits per heavy atom. The fraction of sp³-hybridized carbons (Fsp3) is 0.0222. The lowest BCUT2D eigenvalue weighted by molar-refractivity contribution is 1.46. The lowest BCUT2D eigenvalue weighted by Gasteiger charge is -2.18. The number of aryl methyl sites for hydroxylation is 1. The third-order valence-corrected chi connectivity index (χ3v) is 9.02. The first-order chi connectivity index (χ1) is 22.2. The van der Waals surface area contributed by atoms with Crippen LogP contribution in [0.1, 0.15) is 5.56 Å². The third-order valence-electron chi connectivity index (χ3n) is 9.02. The zero-order valence-electron chi connectivity index (χ0n) is 25.2. The first-order valence-corrected chi connectivity index (χ1v) is 15.6. The summed E-state index contributed by atoms with van der Waals surface area (Å²) < 4.78 is 0. The van der Waals surface area contributed by atoms with Gasteiger partial charge in [0.25, 0.3) is 0 Å². The predicted octanol–water partition coefficient (Wildman–Crippen LogP) is 12.6. The molecule has 8 aromatic carbocycles. The number of fused-ring (bicyclic) bond motifs is 2. The molecule has 0 radical (unpaired) electrons. The molecule has 0 unspecified atom stereocenters. The van der Waals surface area contributed by atoms with Crippen molar-refractivity contribution in [1.82, 2.24) is 0 Å². The summed E-state index contributed by atoms with van der Waals surface area (Å²) in [6.07, 6.45) is 0. The first-order valence-electron chi connectivity index (χ1n) is 15.6. The molecule has 0 fully saturated rings. The zero-order valence-corrected chi connectivity index (χ0v) is 25.2. The van der Waals surface area contributed by atoms with Gasteiger partial charge in [0.2, 0.25) is 0 Å². The molecule has 212 valence electrons. The first kappa shape index (κ1) is 26.9. The molecule has 8 aromatic rings. The van der Waals surface area contributed by atoms with E-state index in [1.807, 2.05) is 0 Å². The fourth-order valence-electron chi connectivity index (χ4n) is 6.83. The van der Waals surface area contributed by atoms with Crippen LogP contribution in [-0.4, -0.2) is 0 Å². The largest absolute Gasteiger partial charge is 0.0622 e. The maximum Gasteiger partial charge on any atom is -0.00262 e. The van der Waals surface area contributed by atoms with Crippen LogP contribution in [0.25, 0.3) is 77.2 Å². The van der Waals surface area contributed by atoms with Crippen LogP contribution in [0, 0.1) is 6.92 Å². The molecule has 0 spiro atoms. The number of hydrogen-bond donors (Lipinski definition) is 0. The highest BCUT2D eigenvalue weighted by atomic mass is 14.2. The van der Waals surface area contributed by atoms with Crippen LogP contribution in [0.4, 0.5) is 0 Å². The van der Waals surface area contributed by atoms with Crippen molar-refractivity contribution in [2.75, 3.05) is 0 Å². The van der Waals surface area contributed by atoms with Gasteiger partial charge < -0.3 is 0 Å². The van der Waals surface area contributed by atoms with E-state index in [0.29, 0.717) is 0 Å². The van der Waals surface area contributed by atoms with Gasteiger partial charge in [0.05, 0.1) is 0 Å². The standard InChI is InChI=1S/C45H32/c1-31-13-5-6-20-39(31)33-27-25-32(26-28-33)35-16-11-17-36(29-35)37-18-12-19-38(30-37)45-42-23-9-7-21-40(42)44(34-14-3-2-4-15-34)41-22-8-10-24-43(41)45/h2-30H,1H3. The molecule has 0 nitrogen and oxygen atoms in total. The minimum atomic E-state index is 1.21. The second kappa shape index (κ2) is 11.4. The minimum absolute atomic E-state index is 1.21. The van der Waals surface area contributed by atoms with E-state index < -0.39 is 0 Å². The molecule has 0 N–H and O–H groups in total. The fourth-order valence-corrected chi connectivity index (χ4v) is 6.83. The van der Waals surface area contributed by atoms with Crippen molar-refractivity contribution in [3.8, 4) is 55.6 Å². The summed E-state index contributed by atoms with van der Waals surface area (Å²) in [4.78, 5) is 0. The second-order valence-corrected chi connectivity index (χ2v) is 11.8. The molecule has 45 heavy (non-hydrogen) atoms. The average Bonchev–Trinajstić information content (AvgIpc) is 3.11. The Morgan fingerprint density at radius 3 is 1.24 bits per heavy atom. The van der Waals surface area contributed by atoms with Crippen molar-refractivity contribution in [3.05, 3.63) is 181 Å². The van der Waals surface area contributed by atoms with Crippen LogP contribution in [-0.2, 0) is 0 Å². The van der Waals surface area contributed by atoms with E-state index in [2.05, 4.69) is 183 Å². The molecule has 0 amide bonds. The summed E-state index contributed by atoms with van der Waals surface area (Å²) in [6, 6.07) is 64.0. The van der Waals surface area contributed by atoms with Crippen LogP contribution in [0.5, 0.6) is 0 Å². The molecule has 0 saturated heterocycles. The highest BCUT2D eigenvalue weighted by Gasteiger charge is 2.16. The topological polar surface area (TPSA) is 0 Å². The summed E-state index contributed by atoms with van der Waals surface area (Å²) in [6.45, 7) is 2.17. The van der Waals surface area contributed by atoms with E-state index in [1.165, 1.54) is 82.7 Å². The summed E-state index contributed by atoms with van der Waals surface area (Å²) in [7, 11) is 0. The van der Waals surface area contributed by atoms with Crippen molar-refractivity contribution in [1.29, 1.82) is 0 Å². The molecule has 0 aliphatic carbocycles. The van der Waals surface area contributed by atoms with E-state index in [9.17, 15) is 0 Å². The summed E-state index contributed by atoms with van der Waals surface area (Å²) in [5, 5.41) is 5.10. The minimum Gasteiger partial charge on any atom is -0.0622 e. The molecule has 0 heterocycles. The molecule has 0 heteroatoms. The van der Waals surface area contributed by atoms with Crippen LogP contribution in [0.3, 0.4) is 0 Å². The zero-order chi connectivity index (χ0) is 30.2. The highest BCUT2D eigenvalue weighted by molar-refractivity contribution is 6.21. The molecule has 0 aliphatic heterocycles. The molecule has 8 rings (SSSR count). The predicted molar refractivity (Wildman–Crippen MR) is 193 cm³/mol. The Bertz CT molecular complexity index is 2250. The number of hydrogen-bond acceptors (Lipinski definition) is 0. The normalized spacial score (nSPS) is 11.2. The lowest BCUT2D eigenvalue weighted by atomic mass is 9.85. The van der Waals surface area contributed by atoms with Gasteiger partial charge in [0.1, 0.15) is 0 Å². The van der Waals surface area contributed by atoms with Gasteiger partial charge in [-0.2, -0.15) is 0 Å². The lowest BCUT2D eigenvalue weighted by Crippen LogP contribution is -1.91. The second-order valence-electron chi connectivity index (χ2n) is 11.8. The quantitative estimate of drug-likeness (QED) is 0.180. The summed E-state index contributed by atoms with van der Waals surface area (Å²) >= 11 is 0. The van der Waals surface area contributed by atoms with Crippen LogP contribution in [0.15, 0.2) is 176 Å². The average molecular weight is 573 g/mol. The maximum absolute atomic E-state index is 2.36. The van der Waals surface area contributed by atoms with Crippen molar-refractivity contribution in [2.45, 2.75) is 6.92 Å². The molecule has 0 aromatic heterocycles. The van der Waals surface area contributed by atoms with E-state index >= 15 is 0 Å². The van der Waals surface area contributed by atoms with Gasteiger partial charge in [-0.25, -0.2) is 0 Å². The molecular weight excluding hydrogens is 540 g/mol. The molecule has 0 atom stereocenters. The van der Waals surface area contributed by atoms with Gasteiger partial charge in [-0.3, -0.25) is 0 Å². The van der Waals surface area contributed by atoms with Gasteiger partial charge in [0.15, 0.2) is 0 Å². The highest BCUT2D eigenvalue weighted by Crippen LogP contribution is 2.44. The Morgan fingerprint density at radius 2 is 0.667 bits per heavy atom. The third kappa shape index (κ3) is 4.91. The Labute approximate surface area is 264 Å². The van der Waals surface area contributed by atoms with Crippen molar-refractivity contribution in [2.24, 2.45) is 0 Å². The van der Waals surface area contributed by atoms with Gasteiger partial charge in [-0.1, -0.05) is 164 Å². The molecule has 0 bridgehead atoms. The van der Waals surface area contributed by atoms with Crippen LogP contribution < -0.4 is 0 Å². The monoisotopic (exact) mass is 572 g/mol. The number of rotatable bonds is 5. The summed E-state index contributed by atoms with van der Waals surface area (Å²) in [5.41, 5.74) is 13.7. The number of benzene rings is 8. The van der Waals surface area contributed by atoms with Crippen molar-refractivity contribution in [3.63, 3.8) is 0 Å². The smallest absolute Gasteiger partial charge is 0.00262 e. The maximum atomic E-state index is 2.36. The van der Waals surface area contributed by atoms with Gasteiger partial charge in [0, 0.05) is 0 Å². The molecule has 0 aliphatic rings. The SMILES string of the molecule is Cc1ccccc1-c1ccc(-c2cccc(-c3cccc(-c4c5ccccc5c(-c5ccccc5)c5ccccc45)c3)c2)cc1. The molecule has 0 saturated carbocycles. The van der Waals surface area contributed by atoms with E-state index in [1.54, 1.807) is 0 Å².